The van der Waals surface area contributed by atoms with Crippen LogP contribution in [-0.4, -0.2) is 6.04 Å². The highest BCUT2D eigenvalue weighted by molar-refractivity contribution is 6.26. The molecule has 0 aromatic heterocycles. The van der Waals surface area contributed by atoms with Crippen LogP contribution >= 0.6 is 0 Å². The van der Waals surface area contributed by atoms with E-state index in [9.17, 15) is 0 Å². The van der Waals surface area contributed by atoms with Gasteiger partial charge in [0.2, 0.25) is 0 Å². The number of nitrogens with zero attached hydrogens (tertiary/aromatic N) is 2. The maximum atomic E-state index is 2.53. The van der Waals surface area contributed by atoms with Gasteiger partial charge in [-0.25, -0.2) is 0 Å². The van der Waals surface area contributed by atoms with Gasteiger partial charge in [0.1, 0.15) is 0 Å². The van der Waals surface area contributed by atoms with E-state index in [4.69, 9.17) is 0 Å². The molecule has 8 aromatic rings. The minimum absolute atomic E-state index is 0.209. The van der Waals surface area contributed by atoms with Crippen molar-refractivity contribution >= 4 is 55.1 Å². The van der Waals surface area contributed by atoms with E-state index in [1.165, 1.54) is 95.9 Å². The predicted octanol–water partition coefficient (Wildman–Crippen LogP) is 15.8. The summed E-state index contributed by atoms with van der Waals surface area (Å²) in [5.74, 6) is 0.935. The fourth-order valence-corrected chi connectivity index (χ4v) is 10.0. The number of hydrogen-bond acceptors (Lipinski definition) is 2. The Kier molecular flexibility index (Phi) is 9.47. The average Bonchev–Trinajstić information content (AvgIpc) is 3.33. The van der Waals surface area contributed by atoms with E-state index in [1.807, 2.05) is 0 Å². The minimum Gasteiger partial charge on any atom is -0.334 e. The summed E-state index contributed by atoms with van der Waals surface area (Å²) in [5, 5.41) is 7.82. The molecule has 290 valence electrons. The van der Waals surface area contributed by atoms with E-state index in [0.29, 0.717) is 11.8 Å². The molecule has 0 aliphatic heterocycles. The molecule has 2 heteroatoms. The van der Waals surface area contributed by atoms with Crippen molar-refractivity contribution in [3.63, 3.8) is 0 Å². The molecule has 0 radical (unpaired) electrons. The number of anilines is 4. The molecule has 0 spiro atoms. The molecular formula is C58H48N2. The molecule has 0 fully saturated rings. The van der Waals surface area contributed by atoms with Crippen LogP contribution in [0, 0.1) is 5.92 Å². The van der Waals surface area contributed by atoms with Crippen molar-refractivity contribution in [3.8, 4) is 11.1 Å². The summed E-state index contributed by atoms with van der Waals surface area (Å²) in [6.07, 6.45) is 24.7. The van der Waals surface area contributed by atoms with Crippen molar-refractivity contribution in [2.24, 2.45) is 5.92 Å². The Morgan fingerprint density at radius 1 is 0.483 bits per heavy atom. The number of para-hydroxylation sites is 1. The Morgan fingerprint density at radius 3 is 1.88 bits per heavy atom. The monoisotopic (exact) mass is 772 g/mol. The topological polar surface area (TPSA) is 6.48 Å². The van der Waals surface area contributed by atoms with Crippen molar-refractivity contribution in [2.75, 3.05) is 9.80 Å². The molecule has 3 atom stereocenters. The second-order valence-electron chi connectivity index (χ2n) is 16.7. The molecule has 3 aliphatic carbocycles. The Bertz CT molecular complexity index is 2950. The highest BCUT2D eigenvalue weighted by Crippen LogP contribution is 2.45. The van der Waals surface area contributed by atoms with Gasteiger partial charge in [-0.2, -0.15) is 0 Å². The lowest BCUT2D eigenvalue weighted by Crippen LogP contribution is -2.30. The van der Waals surface area contributed by atoms with Crippen molar-refractivity contribution in [1.82, 2.24) is 0 Å². The first-order valence-corrected chi connectivity index (χ1v) is 21.7. The van der Waals surface area contributed by atoms with E-state index < -0.39 is 0 Å². The summed E-state index contributed by atoms with van der Waals surface area (Å²) in [6.45, 7) is 0. The van der Waals surface area contributed by atoms with Gasteiger partial charge in [-0.05, 0) is 136 Å². The van der Waals surface area contributed by atoms with Crippen LogP contribution in [0.1, 0.15) is 43.6 Å². The van der Waals surface area contributed by atoms with Crippen LogP contribution in [0.4, 0.5) is 22.7 Å². The van der Waals surface area contributed by atoms with Crippen molar-refractivity contribution in [3.05, 3.63) is 229 Å². The van der Waals surface area contributed by atoms with Crippen LogP contribution in [0.2, 0.25) is 0 Å². The summed E-state index contributed by atoms with van der Waals surface area (Å²) >= 11 is 0. The molecule has 0 N–H and O–H groups in total. The zero-order chi connectivity index (χ0) is 39.8. The van der Waals surface area contributed by atoms with E-state index >= 15 is 0 Å². The SMILES string of the molecule is C1=CCC(c2ccc(N(c3ccc(-c4ccccc4)cc3)C3C=CC(C4C=CC(N(c5ccccc5)c5cc6cccc7ccc8cccc5c8c76)=CC4)=CC3)cc2)CC1. The standard InChI is InChI=1S/C58H48N2/c1-4-12-41(13-5-1)43-24-32-51(33-25-43)59(52-34-26-44(27-35-52)42-14-6-2-7-15-42)53-36-28-45(29-37-53)46-30-38-54(39-31-46)60(50-19-8-3-9-20-50)56-40-49-18-10-16-47-22-23-48-17-11-21-55(56)58(48)57(47)49/h1-6,8-13,16-30,32-36,38-40,42,46,53H,7,14-15,31,37H2. The normalized spacial score (nSPS) is 18.8. The molecule has 60 heavy (non-hydrogen) atoms. The number of hydrogen-bond donors (Lipinski definition) is 0. The molecule has 8 aromatic carbocycles. The molecule has 0 bridgehead atoms. The minimum atomic E-state index is 0.209. The lowest BCUT2D eigenvalue weighted by molar-refractivity contribution is 0.617. The maximum Gasteiger partial charge on any atom is 0.0560 e. The third-order valence-corrected chi connectivity index (χ3v) is 13.1. The van der Waals surface area contributed by atoms with E-state index in [1.54, 1.807) is 0 Å². The van der Waals surface area contributed by atoms with Gasteiger partial charge in [0, 0.05) is 34.1 Å². The third kappa shape index (κ3) is 6.73. The highest BCUT2D eigenvalue weighted by Gasteiger charge is 2.25. The molecule has 11 rings (SSSR count). The van der Waals surface area contributed by atoms with Crippen molar-refractivity contribution in [2.45, 2.75) is 44.1 Å². The molecule has 0 saturated carbocycles. The van der Waals surface area contributed by atoms with Gasteiger partial charge < -0.3 is 9.80 Å². The largest absolute Gasteiger partial charge is 0.334 e. The van der Waals surface area contributed by atoms with Crippen molar-refractivity contribution in [1.29, 1.82) is 0 Å². The maximum absolute atomic E-state index is 2.53. The quantitative estimate of drug-likeness (QED) is 0.106. The lowest BCUT2D eigenvalue weighted by atomic mass is 9.86. The molecule has 0 amide bonds. The summed E-state index contributed by atoms with van der Waals surface area (Å²) in [4.78, 5) is 5.00. The van der Waals surface area contributed by atoms with Crippen molar-refractivity contribution < 1.29 is 0 Å². The van der Waals surface area contributed by atoms with Gasteiger partial charge in [-0.1, -0.05) is 164 Å². The molecular weight excluding hydrogens is 725 g/mol. The fraction of sp³-hybridized carbons (Fsp3) is 0.138. The fourth-order valence-electron chi connectivity index (χ4n) is 10.0. The number of benzene rings is 8. The zero-order valence-electron chi connectivity index (χ0n) is 33.9. The van der Waals surface area contributed by atoms with Crippen LogP contribution in [0.25, 0.3) is 43.4 Å². The molecule has 3 aliphatic rings. The van der Waals surface area contributed by atoms with Gasteiger partial charge in [0.25, 0.3) is 0 Å². The van der Waals surface area contributed by atoms with Gasteiger partial charge in [0.05, 0.1) is 11.7 Å². The van der Waals surface area contributed by atoms with Gasteiger partial charge in [-0.15, -0.1) is 0 Å². The number of rotatable bonds is 9. The summed E-state index contributed by atoms with van der Waals surface area (Å²) < 4.78 is 0. The second-order valence-corrected chi connectivity index (χ2v) is 16.7. The first-order valence-electron chi connectivity index (χ1n) is 21.7. The Hall–Kier alpha value is -6.90. The van der Waals surface area contributed by atoms with Gasteiger partial charge >= 0.3 is 0 Å². The number of allylic oxidation sites excluding steroid dienone is 7. The lowest BCUT2D eigenvalue weighted by Gasteiger charge is -2.34. The second kappa shape index (κ2) is 15.7. The smallest absolute Gasteiger partial charge is 0.0560 e. The summed E-state index contributed by atoms with van der Waals surface area (Å²) in [6, 6.07) is 60.7. The highest BCUT2D eigenvalue weighted by atomic mass is 15.2. The van der Waals surface area contributed by atoms with Crippen LogP contribution in [0.3, 0.4) is 0 Å². The molecule has 2 nitrogen and oxygen atoms in total. The van der Waals surface area contributed by atoms with Crippen LogP contribution in [0.5, 0.6) is 0 Å². The Balaban J connectivity index is 0.881. The first-order chi connectivity index (χ1) is 29.7. The van der Waals surface area contributed by atoms with Gasteiger partial charge in [0.15, 0.2) is 0 Å². The first kappa shape index (κ1) is 36.2. The van der Waals surface area contributed by atoms with Crippen LogP contribution in [-0.2, 0) is 0 Å². The van der Waals surface area contributed by atoms with E-state index in [-0.39, 0.29) is 6.04 Å². The Labute approximate surface area is 353 Å². The molecule has 3 unspecified atom stereocenters. The molecule has 0 saturated heterocycles. The van der Waals surface area contributed by atoms with Crippen LogP contribution in [0.15, 0.2) is 224 Å². The van der Waals surface area contributed by atoms with Crippen LogP contribution < -0.4 is 9.80 Å². The summed E-state index contributed by atoms with van der Waals surface area (Å²) in [5.41, 5.74) is 11.4. The predicted molar refractivity (Wildman–Crippen MR) is 256 cm³/mol. The summed E-state index contributed by atoms with van der Waals surface area (Å²) in [7, 11) is 0. The molecule has 0 heterocycles. The van der Waals surface area contributed by atoms with Gasteiger partial charge in [-0.3, -0.25) is 0 Å². The Morgan fingerprint density at radius 2 is 1.18 bits per heavy atom. The third-order valence-electron chi connectivity index (χ3n) is 13.1. The zero-order valence-corrected chi connectivity index (χ0v) is 33.9. The average molecular weight is 773 g/mol. The van der Waals surface area contributed by atoms with E-state index in [0.717, 1.165) is 19.3 Å². The van der Waals surface area contributed by atoms with E-state index in [2.05, 4.69) is 222 Å².